The van der Waals surface area contributed by atoms with Gasteiger partial charge in [-0.25, -0.2) is 0 Å². The molecule has 6 N–H and O–H groups in total. The van der Waals surface area contributed by atoms with E-state index in [0.29, 0.717) is 13.0 Å². The molecule has 0 bridgehead atoms. The Bertz CT molecular complexity index is 750. The maximum atomic E-state index is 12.9. The number of aliphatic hydroxyl groups excluding tert-OH is 4. The fourth-order valence-electron chi connectivity index (χ4n) is 4.04. The van der Waals surface area contributed by atoms with Gasteiger partial charge in [0.1, 0.15) is 29.9 Å². The number of aliphatic hydroxyl groups is 4. The number of rotatable bonds is 8. The van der Waals surface area contributed by atoms with E-state index in [2.05, 4.69) is 41.8 Å². The zero-order valence-electron chi connectivity index (χ0n) is 18.5. The minimum absolute atomic E-state index is 0.284. The number of benzene rings is 1. The van der Waals surface area contributed by atoms with Gasteiger partial charge < -0.3 is 35.8 Å². The Labute approximate surface area is 197 Å². The molecular formula is C22H34N2O6S2. The van der Waals surface area contributed by atoms with Crippen LogP contribution in [0.5, 0.6) is 0 Å². The van der Waals surface area contributed by atoms with Crippen molar-refractivity contribution in [3.05, 3.63) is 35.4 Å². The molecule has 1 aromatic carbocycles. The number of hydrogen-bond donors (Lipinski definition) is 6. The Morgan fingerprint density at radius 3 is 2.53 bits per heavy atom. The first kappa shape index (κ1) is 25.8. The SMILES string of the molecule is CS[C@H]1O[C@H]([C@H](NC(=O)[C@@H]2CC(SCc3ccc(C)cc3)CN2)[C@@H](C)O)[C@H](O)[C@H](O)[C@H]1O. The van der Waals surface area contributed by atoms with Gasteiger partial charge in [-0.15, -0.1) is 11.8 Å². The molecule has 32 heavy (non-hydrogen) atoms. The van der Waals surface area contributed by atoms with Gasteiger partial charge in [0.05, 0.1) is 18.2 Å². The maximum absolute atomic E-state index is 12.9. The number of ether oxygens (including phenoxy) is 1. The predicted octanol–water partition coefficient (Wildman–Crippen LogP) is -0.00508. The lowest BCUT2D eigenvalue weighted by molar-refractivity contribution is -0.211. The molecule has 10 heteroatoms. The average Bonchev–Trinajstić information content (AvgIpc) is 3.25. The summed E-state index contributed by atoms with van der Waals surface area (Å²) in [6, 6.07) is 7.06. The Balaban J connectivity index is 1.56. The lowest BCUT2D eigenvalue weighted by atomic mass is 9.92. The molecule has 9 atom stereocenters. The van der Waals surface area contributed by atoms with Crippen LogP contribution in [-0.2, 0) is 15.3 Å². The van der Waals surface area contributed by atoms with Gasteiger partial charge in [-0.2, -0.15) is 11.8 Å². The van der Waals surface area contributed by atoms with Gasteiger partial charge in [-0.3, -0.25) is 4.79 Å². The van der Waals surface area contributed by atoms with Crippen molar-refractivity contribution in [2.24, 2.45) is 0 Å². The number of amides is 1. The molecule has 3 rings (SSSR count). The van der Waals surface area contributed by atoms with E-state index < -0.39 is 48.0 Å². The minimum Gasteiger partial charge on any atom is -0.391 e. The molecule has 1 aromatic rings. The van der Waals surface area contributed by atoms with Gasteiger partial charge in [0, 0.05) is 17.5 Å². The van der Waals surface area contributed by atoms with Gasteiger partial charge in [0.2, 0.25) is 5.91 Å². The molecule has 0 aliphatic carbocycles. The molecule has 180 valence electrons. The second-order valence-electron chi connectivity index (χ2n) is 8.57. The summed E-state index contributed by atoms with van der Waals surface area (Å²) in [5.74, 6) is 0.585. The van der Waals surface area contributed by atoms with Crippen LogP contribution in [0.25, 0.3) is 0 Å². The van der Waals surface area contributed by atoms with Crippen LogP contribution in [0.3, 0.4) is 0 Å². The van der Waals surface area contributed by atoms with Crippen LogP contribution < -0.4 is 10.6 Å². The third-order valence-electron chi connectivity index (χ3n) is 6.03. The largest absolute Gasteiger partial charge is 0.391 e. The minimum atomic E-state index is -1.44. The Morgan fingerprint density at radius 2 is 1.91 bits per heavy atom. The summed E-state index contributed by atoms with van der Waals surface area (Å²) >= 11 is 2.99. The fourth-order valence-corrected chi connectivity index (χ4v) is 5.88. The summed E-state index contributed by atoms with van der Waals surface area (Å²) in [4.78, 5) is 12.9. The van der Waals surface area contributed by atoms with Crippen LogP contribution in [-0.4, -0.2) is 92.4 Å². The maximum Gasteiger partial charge on any atom is 0.237 e. The second kappa shape index (κ2) is 11.5. The van der Waals surface area contributed by atoms with E-state index in [4.69, 9.17) is 4.74 Å². The molecule has 0 aromatic heterocycles. The van der Waals surface area contributed by atoms with E-state index >= 15 is 0 Å². The number of aryl methyl sites for hydroxylation is 1. The van der Waals surface area contributed by atoms with Crippen LogP contribution in [0.4, 0.5) is 0 Å². The number of carbonyl (C=O) groups excluding carboxylic acids is 1. The second-order valence-corrected chi connectivity index (χ2v) is 10.8. The third kappa shape index (κ3) is 6.18. The molecule has 8 nitrogen and oxygen atoms in total. The summed E-state index contributed by atoms with van der Waals surface area (Å²) in [5, 5.41) is 47.3. The number of hydrogen-bond acceptors (Lipinski definition) is 9. The molecule has 2 aliphatic rings. The van der Waals surface area contributed by atoms with Gasteiger partial charge in [-0.05, 0) is 32.1 Å². The first-order chi connectivity index (χ1) is 15.2. The predicted molar refractivity (Wildman–Crippen MR) is 126 cm³/mol. The van der Waals surface area contributed by atoms with Crippen molar-refractivity contribution in [3.8, 4) is 0 Å². The standard InChI is InChI=1S/C22H34N2O6S2/c1-11-4-6-13(7-5-11)10-32-14-8-15(23-9-14)21(29)24-16(12(2)25)20-18(27)17(26)19(28)22(30-20)31-3/h4-7,12,14-20,22-23,25-28H,8-10H2,1-3H3,(H,24,29)/t12-,14?,15+,16-,17+,18-,19-,20-,22-/m1/s1. The highest BCUT2D eigenvalue weighted by molar-refractivity contribution is 7.99. The lowest BCUT2D eigenvalue weighted by Gasteiger charge is -2.44. The highest BCUT2D eigenvalue weighted by Crippen LogP contribution is 2.30. The van der Waals surface area contributed by atoms with E-state index in [1.165, 1.54) is 29.8 Å². The first-order valence-corrected chi connectivity index (χ1v) is 13.2. The van der Waals surface area contributed by atoms with E-state index in [1.54, 1.807) is 18.0 Å². The molecule has 0 radical (unpaired) electrons. The molecule has 1 amide bonds. The quantitative estimate of drug-likeness (QED) is 0.300. The van der Waals surface area contributed by atoms with Crippen molar-refractivity contribution in [3.63, 3.8) is 0 Å². The van der Waals surface area contributed by atoms with E-state index in [-0.39, 0.29) is 11.2 Å². The van der Waals surface area contributed by atoms with Crippen LogP contribution in [0.15, 0.2) is 24.3 Å². The van der Waals surface area contributed by atoms with Crippen molar-refractivity contribution < 1.29 is 30.0 Å². The third-order valence-corrected chi connectivity index (χ3v) is 8.22. The zero-order valence-corrected chi connectivity index (χ0v) is 20.2. The molecule has 1 unspecified atom stereocenters. The fraction of sp³-hybridized carbons (Fsp3) is 0.682. The lowest BCUT2D eigenvalue weighted by Crippen LogP contribution is -2.65. The molecule has 0 spiro atoms. The Morgan fingerprint density at radius 1 is 1.22 bits per heavy atom. The van der Waals surface area contributed by atoms with Crippen LogP contribution in [0.2, 0.25) is 0 Å². The van der Waals surface area contributed by atoms with E-state index in [1.807, 2.05) is 0 Å². The topological polar surface area (TPSA) is 131 Å². The highest BCUT2D eigenvalue weighted by Gasteiger charge is 2.48. The summed E-state index contributed by atoms with van der Waals surface area (Å²) in [5.41, 5.74) is 1.70. The molecule has 2 fully saturated rings. The normalized spacial score (nSPS) is 34.8. The smallest absolute Gasteiger partial charge is 0.237 e. The highest BCUT2D eigenvalue weighted by atomic mass is 32.2. The van der Waals surface area contributed by atoms with Crippen molar-refractivity contribution in [1.82, 2.24) is 10.6 Å². The number of thioether (sulfide) groups is 2. The number of nitrogens with one attached hydrogen (secondary N) is 2. The van der Waals surface area contributed by atoms with Crippen molar-refractivity contribution in [2.45, 2.75) is 79.3 Å². The van der Waals surface area contributed by atoms with Crippen LogP contribution in [0.1, 0.15) is 24.5 Å². The molecule has 2 aliphatic heterocycles. The van der Waals surface area contributed by atoms with Crippen molar-refractivity contribution in [2.75, 3.05) is 12.8 Å². The molecular weight excluding hydrogens is 452 g/mol. The van der Waals surface area contributed by atoms with Crippen LogP contribution >= 0.6 is 23.5 Å². The van der Waals surface area contributed by atoms with Gasteiger partial charge in [0.15, 0.2) is 0 Å². The van der Waals surface area contributed by atoms with Gasteiger partial charge >= 0.3 is 0 Å². The zero-order chi connectivity index (χ0) is 23.4. The van der Waals surface area contributed by atoms with E-state index in [0.717, 1.165) is 5.75 Å². The first-order valence-electron chi connectivity index (χ1n) is 10.8. The molecule has 2 heterocycles. The summed E-state index contributed by atoms with van der Waals surface area (Å²) in [7, 11) is 0. The summed E-state index contributed by atoms with van der Waals surface area (Å²) in [6.07, 6.45) is -3.86. The van der Waals surface area contributed by atoms with Crippen molar-refractivity contribution >= 4 is 29.4 Å². The van der Waals surface area contributed by atoms with E-state index in [9.17, 15) is 25.2 Å². The average molecular weight is 487 g/mol. The van der Waals surface area contributed by atoms with Crippen molar-refractivity contribution in [1.29, 1.82) is 0 Å². The summed E-state index contributed by atoms with van der Waals surface area (Å²) < 4.78 is 5.74. The molecule has 0 saturated carbocycles. The van der Waals surface area contributed by atoms with Crippen LogP contribution in [0, 0.1) is 6.92 Å². The summed E-state index contributed by atoms with van der Waals surface area (Å²) in [6.45, 7) is 4.26. The van der Waals surface area contributed by atoms with Gasteiger partial charge in [0.25, 0.3) is 0 Å². The Hall–Kier alpha value is -0.850. The Kier molecular flexibility index (Phi) is 9.28. The number of carbonyl (C=O) groups is 1. The molecule has 2 saturated heterocycles. The monoisotopic (exact) mass is 486 g/mol. The van der Waals surface area contributed by atoms with Gasteiger partial charge in [-0.1, -0.05) is 29.8 Å².